The Morgan fingerprint density at radius 2 is 2.08 bits per heavy atom. The van der Waals surface area contributed by atoms with E-state index in [-0.39, 0.29) is 13.0 Å². The van der Waals surface area contributed by atoms with Crippen LogP contribution in [0.4, 0.5) is 4.79 Å². The lowest BCUT2D eigenvalue weighted by molar-refractivity contribution is -0.136. The van der Waals surface area contributed by atoms with Crippen LogP contribution < -0.4 is 5.32 Å². The molecule has 1 N–H and O–H groups in total. The van der Waals surface area contributed by atoms with Gasteiger partial charge in [0.1, 0.15) is 6.42 Å². The molecular formula is C7H9N2O3. The highest BCUT2D eigenvalue weighted by molar-refractivity contribution is 6.14. The molecule has 12 heavy (non-hydrogen) atoms. The van der Waals surface area contributed by atoms with Crippen LogP contribution in [0, 0.1) is 6.92 Å². The molecule has 1 heterocycles. The second-order valence-electron chi connectivity index (χ2n) is 2.43. The molecule has 0 aromatic rings. The fourth-order valence-corrected chi connectivity index (χ4v) is 0.961. The van der Waals surface area contributed by atoms with Gasteiger partial charge in [-0.3, -0.25) is 19.8 Å². The lowest BCUT2D eigenvalue weighted by Gasteiger charge is -2.23. The van der Waals surface area contributed by atoms with Gasteiger partial charge in [0.05, 0.1) is 0 Å². The molecule has 0 bridgehead atoms. The first kappa shape index (κ1) is 8.70. The van der Waals surface area contributed by atoms with Crippen molar-refractivity contribution in [2.75, 3.05) is 6.54 Å². The Kier molecular flexibility index (Phi) is 2.42. The summed E-state index contributed by atoms with van der Waals surface area (Å²) in [5.41, 5.74) is 0. The Morgan fingerprint density at radius 3 is 2.58 bits per heavy atom. The topological polar surface area (TPSA) is 66.5 Å². The first-order valence-electron chi connectivity index (χ1n) is 3.58. The third-order valence-corrected chi connectivity index (χ3v) is 1.49. The molecule has 4 amide bonds. The summed E-state index contributed by atoms with van der Waals surface area (Å²) in [6, 6.07) is -0.639. The SMILES string of the molecule is [CH2]CCN1C(=O)CC(=O)NC1=O. The van der Waals surface area contributed by atoms with Gasteiger partial charge >= 0.3 is 6.03 Å². The van der Waals surface area contributed by atoms with E-state index in [1.165, 1.54) is 0 Å². The minimum absolute atomic E-state index is 0.244. The molecule has 0 aliphatic carbocycles. The van der Waals surface area contributed by atoms with Gasteiger partial charge in [-0.25, -0.2) is 4.79 Å². The monoisotopic (exact) mass is 169 g/mol. The molecule has 5 heteroatoms. The zero-order chi connectivity index (χ0) is 9.14. The van der Waals surface area contributed by atoms with Gasteiger partial charge in [-0.2, -0.15) is 0 Å². The summed E-state index contributed by atoms with van der Waals surface area (Å²) in [6.45, 7) is 3.77. The van der Waals surface area contributed by atoms with Crippen molar-refractivity contribution in [3.8, 4) is 0 Å². The number of rotatable bonds is 2. The van der Waals surface area contributed by atoms with E-state index in [0.29, 0.717) is 6.42 Å². The van der Waals surface area contributed by atoms with Crippen LogP contribution in [0.3, 0.4) is 0 Å². The van der Waals surface area contributed by atoms with E-state index >= 15 is 0 Å². The molecular weight excluding hydrogens is 160 g/mol. The fraction of sp³-hybridized carbons (Fsp3) is 0.429. The maximum atomic E-state index is 11.0. The first-order valence-corrected chi connectivity index (χ1v) is 3.58. The third kappa shape index (κ3) is 1.61. The van der Waals surface area contributed by atoms with Gasteiger partial charge in [0, 0.05) is 6.54 Å². The molecule has 1 fully saturated rings. The number of imide groups is 2. The maximum absolute atomic E-state index is 11.0. The highest BCUT2D eigenvalue weighted by atomic mass is 16.2. The molecule has 0 unspecified atom stereocenters. The predicted molar refractivity (Wildman–Crippen MR) is 39.8 cm³/mol. The van der Waals surface area contributed by atoms with Crippen LogP contribution >= 0.6 is 0 Å². The molecule has 1 rings (SSSR count). The zero-order valence-corrected chi connectivity index (χ0v) is 6.50. The summed E-state index contributed by atoms with van der Waals surface area (Å²) in [5, 5.41) is 2.04. The molecule has 65 valence electrons. The van der Waals surface area contributed by atoms with E-state index in [9.17, 15) is 14.4 Å². The Labute approximate surface area is 69.7 Å². The van der Waals surface area contributed by atoms with Gasteiger partial charge in [0.2, 0.25) is 11.8 Å². The number of amides is 4. The first-order chi connectivity index (χ1) is 5.65. The van der Waals surface area contributed by atoms with Crippen LogP contribution in [0.25, 0.3) is 0 Å². The van der Waals surface area contributed by atoms with E-state index in [2.05, 4.69) is 6.92 Å². The molecule has 1 radical (unpaired) electrons. The second-order valence-corrected chi connectivity index (χ2v) is 2.43. The molecule has 1 aliphatic heterocycles. The van der Waals surface area contributed by atoms with Crippen LogP contribution in [0.2, 0.25) is 0 Å². The van der Waals surface area contributed by atoms with Crippen molar-refractivity contribution in [2.24, 2.45) is 0 Å². The molecule has 0 aromatic carbocycles. The molecule has 0 aromatic heterocycles. The predicted octanol–water partition coefficient (Wildman–Crippen LogP) is -0.321. The number of carbonyl (C=O) groups is 3. The smallest absolute Gasteiger partial charge is 0.277 e. The zero-order valence-electron chi connectivity index (χ0n) is 6.50. The van der Waals surface area contributed by atoms with Crippen molar-refractivity contribution in [2.45, 2.75) is 12.8 Å². The normalized spacial score (nSPS) is 18.1. The van der Waals surface area contributed by atoms with Crippen molar-refractivity contribution in [1.82, 2.24) is 10.2 Å². The average Bonchev–Trinajstić information content (AvgIpc) is 1.96. The Morgan fingerprint density at radius 1 is 1.42 bits per heavy atom. The molecule has 5 nitrogen and oxygen atoms in total. The number of hydrogen-bond donors (Lipinski definition) is 1. The number of nitrogens with one attached hydrogen (secondary N) is 1. The summed E-state index contributed by atoms with van der Waals surface area (Å²) < 4.78 is 0. The lowest BCUT2D eigenvalue weighted by Crippen LogP contribution is -2.52. The van der Waals surface area contributed by atoms with E-state index in [1.807, 2.05) is 5.32 Å². The van der Waals surface area contributed by atoms with Crippen LogP contribution in [0.5, 0.6) is 0 Å². The molecule has 1 saturated heterocycles. The Hall–Kier alpha value is -1.39. The molecule has 1 aliphatic rings. The van der Waals surface area contributed by atoms with Crippen molar-refractivity contribution in [3.05, 3.63) is 6.92 Å². The van der Waals surface area contributed by atoms with Crippen molar-refractivity contribution >= 4 is 17.8 Å². The highest BCUT2D eigenvalue weighted by Crippen LogP contribution is 2.02. The van der Waals surface area contributed by atoms with Gasteiger partial charge in [0.15, 0.2) is 0 Å². The summed E-state index contributed by atoms with van der Waals surface area (Å²) in [5.74, 6) is -0.988. The summed E-state index contributed by atoms with van der Waals surface area (Å²) >= 11 is 0. The maximum Gasteiger partial charge on any atom is 0.330 e. The minimum Gasteiger partial charge on any atom is -0.277 e. The number of carbonyl (C=O) groups excluding carboxylic acids is 3. The summed E-state index contributed by atoms with van der Waals surface area (Å²) in [4.78, 5) is 33.6. The summed E-state index contributed by atoms with van der Waals surface area (Å²) in [7, 11) is 0. The average molecular weight is 169 g/mol. The number of barbiturate groups is 1. The second kappa shape index (κ2) is 3.34. The molecule has 0 spiro atoms. The highest BCUT2D eigenvalue weighted by Gasteiger charge is 2.29. The van der Waals surface area contributed by atoms with E-state index in [4.69, 9.17) is 0 Å². The summed E-state index contributed by atoms with van der Waals surface area (Å²) in [6.07, 6.45) is 0.207. The third-order valence-electron chi connectivity index (χ3n) is 1.49. The van der Waals surface area contributed by atoms with E-state index in [0.717, 1.165) is 4.90 Å². The van der Waals surface area contributed by atoms with Crippen LogP contribution in [-0.4, -0.2) is 29.3 Å². The number of urea groups is 1. The van der Waals surface area contributed by atoms with Gasteiger partial charge in [-0.15, -0.1) is 0 Å². The standard InChI is InChI=1S/C7H9N2O3/c1-2-3-9-6(11)4-5(10)8-7(9)12/h1-4H2,(H,8,10,12). The lowest BCUT2D eigenvalue weighted by atomic mass is 10.3. The molecule has 0 atom stereocenters. The number of hydrogen-bond acceptors (Lipinski definition) is 3. The van der Waals surface area contributed by atoms with Gasteiger partial charge in [-0.05, 0) is 6.42 Å². The quantitative estimate of drug-likeness (QED) is 0.576. The Bertz CT molecular complexity index is 217. The fourth-order valence-electron chi connectivity index (χ4n) is 0.961. The van der Waals surface area contributed by atoms with Crippen LogP contribution in [0.1, 0.15) is 12.8 Å². The molecule has 0 saturated carbocycles. The van der Waals surface area contributed by atoms with Gasteiger partial charge in [0.25, 0.3) is 0 Å². The Balaban J connectivity index is 2.67. The van der Waals surface area contributed by atoms with Crippen LogP contribution in [0.15, 0.2) is 0 Å². The van der Waals surface area contributed by atoms with Crippen molar-refractivity contribution in [1.29, 1.82) is 0 Å². The largest absolute Gasteiger partial charge is 0.330 e. The van der Waals surface area contributed by atoms with Crippen molar-refractivity contribution in [3.63, 3.8) is 0 Å². The van der Waals surface area contributed by atoms with E-state index in [1.54, 1.807) is 0 Å². The van der Waals surface area contributed by atoms with Crippen LogP contribution in [-0.2, 0) is 9.59 Å². The number of nitrogens with zero attached hydrogens (tertiary/aromatic N) is 1. The minimum atomic E-state index is -0.639. The van der Waals surface area contributed by atoms with Crippen molar-refractivity contribution < 1.29 is 14.4 Å². The van der Waals surface area contributed by atoms with E-state index < -0.39 is 17.8 Å². The van der Waals surface area contributed by atoms with Gasteiger partial charge < -0.3 is 0 Å². The van der Waals surface area contributed by atoms with Gasteiger partial charge in [-0.1, -0.05) is 6.92 Å².